The molecular weight excluding hydrogens is 491 g/mol. The first kappa shape index (κ1) is 25.8. The molecule has 1 heterocycles. The summed E-state index contributed by atoms with van der Waals surface area (Å²) in [5.74, 6) is -1.06. The van der Waals surface area contributed by atoms with E-state index in [0.29, 0.717) is 22.5 Å². The maximum atomic E-state index is 15.0. The van der Waals surface area contributed by atoms with Gasteiger partial charge >= 0.3 is 0 Å². The van der Waals surface area contributed by atoms with E-state index in [-0.39, 0.29) is 17.4 Å². The van der Waals surface area contributed by atoms with Gasteiger partial charge in [0.05, 0.1) is 11.7 Å². The van der Waals surface area contributed by atoms with Crippen LogP contribution in [0.4, 0.5) is 10.1 Å². The summed E-state index contributed by atoms with van der Waals surface area (Å²) in [5.41, 5.74) is 10.9. The summed E-state index contributed by atoms with van der Waals surface area (Å²) in [5, 5.41) is 7.04. The number of hydrogen-bond donors (Lipinski definition) is 2. The highest BCUT2D eigenvalue weighted by Gasteiger charge is 2.27. The van der Waals surface area contributed by atoms with Gasteiger partial charge in [-0.05, 0) is 52.6 Å². The van der Waals surface area contributed by atoms with Gasteiger partial charge in [-0.3, -0.25) is 9.59 Å². The van der Waals surface area contributed by atoms with Crippen molar-refractivity contribution >= 4 is 11.6 Å². The van der Waals surface area contributed by atoms with Gasteiger partial charge < -0.3 is 11.1 Å². The van der Waals surface area contributed by atoms with Crippen molar-refractivity contribution in [3.63, 3.8) is 0 Å². The monoisotopic (exact) mass is 518 g/mol. The summed E-state index contributed by atoms with van der Waals surface area (Å²) in [6.45, 7) is 0. The average Bonchev–Trinajstić information content (AvgIpc) is 2.96. The van der Waals surface area contributed by atoms with Gasteiger partial charge in [0.15, 0.2) is 0 Å². The molecular formula is C32H27FN4O2. The first-order chi connectivity index (χ1) is 18.9. The zero-order valence-corrected chi connectivity index (χ0v) is 21.3. The molecule has 4 aromatic carbocycles. The van der Waals surface area contributed by atoms with Crippen molar-refractivity contribution in [1.29, 1.82) is 0 Å². The quantitative estimate of drug-likeness (QED) is 0.304. The molecule has 0 unspecified atom stereocenters. The first-order valence-electron chi connectivity index (χ1n) is 12.5. The van der Waals surface area contributed by atoms with E-state index < -0.39 is 11.9 Å². The van der Waals surface area contributed by atoms with Crippen LogP contribution in [0, 0.1) is 5.82 Å². The summed E-state index contributed by atoms with van der Waals surface area (Å²) in [4.78, 5) is 24.8. The molecule has 5 rings (SSSR count). The average molecular weight is 519 g/mol. The third kappa shape index (κ3) is 5.68. The largest absolute Gasteiger partial charge is 0.325 e. The van der Waals surface area contributed by atoms with Crippen molar-refractivity contribution < 1.29 is 9.18 Å². The van der Waals surface area contributed by atoms with E-state index in [9.17, 15) is 14.0 Å². The third-order valence-corrected chi connectivity index (χ3v) is 6.67. The molecule has 3 N–H and O–H groups in total. The fraction of sp³-hybridized carbons (Fsp3) is 0.0938. The highest BCUT2D eigenvalue weighted by atomic mass is 19.1. The minimum absolute atomic E-state index is 0.264. The molecule has 39 heavy (non-hydrogen) atoms. The number of hydrogen-bond acceptors (Lipinski definition) is 4. The molecule has 0 saturated carbocycles. The van der Waals surface area contributed by atoms with Crippen LogP contribution in [0.5, 0.6) is 0 Å². The number of carbonyl (C=O) groups is 1. The Kier molecular flexibility index (Phi) is 7.43. The van der Waals surface area contributed by atoms with Gasteiger partial charge in [-0.1, -0.05) is 78.9 Å². The van der Waals surface area contributed by atoms with Gasteiger partial charge in [0.25, 0.3) is 5.56 Å². The maximum Gasteiger partial charge on any atom is 0.266 e. The number of amides is 1. The van der Waals surface area contributed by atoms with Crippen LogP contribution in [0.2, 0.25) is 0 Å². The van der Waals surface area contributed by atoms with Crippen LogP contribution in [0.1, 0.15) is 17.0 Å². The number of aromatic nitrogens is 2. The second kappa shape index (κ2) is 11.2. The van der Waals surface area contributed by atoms with Crippen molar-refractivity contribution in [3.05, 3.63) is 143 Å². The highest BCUT2D eigenvalue weighted by Crippen LogP contribution is 2.29. The summed E-state index contributed by atoms with van der Waals surface area (Å²) in [6, 6.07) is 33.5. The van der Waals surface area contributed by atoms with Crippen LogP contribution in [-0.2, 0) is 11.8 Å². The lowest BCUT2D eigenvalue weighted by molar-refractivity contribution is -0.117. The standard InChI is InChI=1S/C32H27FN4O2/c1-37-29(38)19-18-28(36-37)26-17-14-24(20-27(26)33)21-12-15-25(16-13-21)35-32(39)31(34)30(22-8-4-2-5-9-22)23-10-6-3-7-11-23/h2-20,30-31H,34H2,1H3,(H,35,39)/t31-/m0/s1. The number of carbonyl (C=O) groups excluding carboxylic acids is 1. The Hall–Kier alpha value is -4.88. The molecule has 0 radical (unpaired) electrons. The van der Waals surface area contributed by atoms with Crippen LogP contribution in [0.25, 0.3) is 22.4 Å². The molecule has 7 heteroatoms. The molecule has 0 aliphatic rings. The van der Waals surface area contributed by atoms with E-state index in [0.717, 1.165) is 16.7 Å². The Morgan fingerprint density at radius 2 is 1.41 bits per heavy atom. The fourth-order valence-electron chi connectivity index (χ4n) is 4.60. The zero-order valence-electron chi connectivity index (χ0n) is 21.3. The minimum Gasteiger partial charge on any atom is -0.325 e. The fourth-order valence-corrected chi connectivity index (χ4v) is 4.60. The smallest absolute Gasteiger partial charge is 0.266 e. The summed E-state index contributed by atoms with van der Waals surface area (Å²) < 4.78 is 16.1. The molecule has 0 saturated heterocycles. The second-order valence-electron chi connectivity index (χ2n) is 9.27. The molecule has 6 nitrogen and oxygen atoms in total. The number of nitrogens with one attached hydrogen (secondary N) is 1. The predicted octanol–water partition coefficient (Wildman–Crippen LogP) is 5.35. The van der Waals surface area contributed by atoms with Gasteiger partial charge in [-0.25, -0.2) is 9.07 Å². The van der Waals surface area contributed by atoms with E-state index >= 15 is 0 Å². The summed E-state index contributed by atoms with van der Waals surface area (Å²) >= 11 is 0. The van der Waals surface area contributed by atoms with Gasteiger partial charge in [0.1, 0.15) is 5.82 Å². The molecule has 0 fully saturated rings. The molecule has 0 bridgehead atoms. The molecule has 194 valence electrons. The Bertz CT molecular complexity index is 1610. The molecule has 1 amide bonds. The number of anilines is 1. The predicted molar refractivity (Wildman–Crippen MR) is 152 cm³/mol. The molecule has 0 aliphatic heterocycles. The molecule has 0 aliphatic carbocycles. The number of benzene rings is 4. The lowest BCUT2D eigenvalue weighted by atomic mass is 9.85. The molecule has 1 aromatic heterocycles. The second-order valence-corrected chi connectivity index (χ2v) is 9.27. The minimum atomic E-state index is -0.817. The van der Waals surface area contributed by atoms with Crippen LogP contribution >= 0.6 is 0 Å². The van der Waals surface area contributed by atoms with Crippen molar-refractivity contribution in [2.75, 3.05) is 5.32 Å². The van der Waals surface area contributed by atoms with Crippen LogP contribution in [-0.4, -0.2) is 21.7 Å². The lowest BCUT2D eigenvalue weighted by Gasteiger charge is -2.24. The van der Waals surface area contributed by atoms with Crippen molar-refractivity contribution in [2.45, 2.75) is 12.0 Å². The highest BCUT2D eigenvalue weighted by molar-refractivity contribution is 5.96. The molecule has 5 aromatic rings. The zero-order chi connectivity index (χ0) is 27.4. The van der Waals surface area contributed by atoms with Gasteiger partial charge in [-0.15, -0.1) is 0 Å². The summed E-state index contributed by atoms with van der Waals surface area (Å²) in [6.07, 6.45) is 0. The van der Waals surface area contributed by atoms with Crippen LogP contribution < -0.4 is 16.6 Å². The Balaban J connectivity index is 1.33. The normalized spacial score (nSPS) is 11.8. The van der Waals surface area contributed by atoms with E-state index in [1.807, 2.05) is 72.8 Å². The number of aryl methyl sites for hydroxylation is 1. The van der Waals surface area contributed by atoms with E-state index in [2.05, 4.69) is 10.4 Å². The Morgan fingerprint density at radius 1 is 0.821 bits per heavy atom. The van der Waals surface area contributed by atoms with Gasteiger partial charge in [0, 0.05) is 30.3 Å². The Labute approximate surface area is 225 Å². The Morgan fingerprint density at radius 3 is 1.97 bits per heavy atom. The van der Waals surface area contributed by atoms with E-state index in [1.165, 1.54) is 29.9 Å². The number of rotatable bonds is 7. The van der Waals surface area contributed by atoms with Crippen molar-refractivity contribution in [3.8, 4) is 22.4 Å². The van der Waals surface area contributed by atoms with Crippen molar-refractivity contribution in [2.24, 2.45) is 12.8 Å². The first-order valence-corrected chi connectivity index (χ1v) is 12.5. The van der Waals surface area contributed by atoms with Crippen LogP contribution in [0.15, 0.2) is 120 Å². The van der Waals surface area contributed by atoms with Gasteiger partial charge in [0.2, 0.25) is 5.91 Å². The number of nitrogens with zero attached hydrogens (tertiary/aromatic N) is 2. The molecule has 1 atom stereocenters. The molecule has 0 spiro atoms. The van der Waals surface area contributed by atoms with E-state index in [1.54, 1.807) is 24.3 Å². The third-order valence-electron chi connectivity index (χ3n) is 6.67. The summed E-state index contributed by atoms with van der Waals surface area (Å²) in [7, 11) is 1.52. The van der Waals surface area contributed by atoms with Crippen molar-refractivity contribution in [1.82, 2.24) is 9.78 Å². The SMILES string of the molecule is Cn1nc(-c2ccc(-c3ccc(NC(=O)[C@@H](N)C(c4ccccc4)c4ccccc4)cc3)cc2F)ccc1=O. The number of halogens is 1. The number of nitrogens with two attached hydrogens (primary N) is 1. The van der Waals surface area contributed by atoms with E-state index in [4.69, 9.17) is 5.73 Å². The van der Waals surface area contributed by atoms with Crippen LogP contribution in [0.3, 0.4) is 0 Å². The van der Waals surface area contributed by atoms with Gasteiger partial charge in [-0.2, -0.15) is 5.10 Å². The lowest BCUT2D eigenvalue weighted by Crippen LogP contribution is -2.41. The topological polar surface area (TPSA) is 90.0 Å². The maximum absolute atomic E-state index is 15.0.